The lowest BCUT2D eigenvalue weighted by Crippen LogP contribution is -2.21. The number of hydrogen-bond acceptors (Lipinski definition) is 6. The molecular formula is C15H19N3O3. The fourth-order valence-electron chi connectivity index (χ4n) is 2.51. The van der Waals surface area contributed by atoms with E-state index in [1.54, 1.807) is 13.2 Å². The summed E-state index contributed by atoms with van der Waals surface area (Å²) in [5.41, 5.74) is 6.43. The second kappa shape index (κ2) is 5.65. The van der Waals surface area contributed by atoms with Crippen molar-refractivity contribution < 1.29 is 14.0 Å². The summed E-state index contributed by atoms with van der Waals surface area (Å²) < 4.78 is 16.6. The average molecular weight is 289 g/mol. The number of methoxy groups -OCH3 is 1. The molecule has 1 atom stereocenters. The van der Waals surface area contributed by atoms with Gasteiger partial charge in [0.2, 0.25) is 0 Å². The van der Waals surface area contributed by atoms with Crippen molar-refractivity contribution in [3.8, 4) is 22.8 Å². The maximum atomic E-state index is 6.03. The Balaban J connectivity index is 1.82. The summed E-state index contributed by atoms with van der Waals surface area (Å²) in [5, 5.41) is 3.69. The van der Waals surface area contributed by atoms with Gasteiger partial charge in [0.1, 0.15) is 6.10 Å². The van der Waals surface area contributed by atoms with E-state index in [-0.39, 0.29) is 6.10 Å². The van der Waals surface area contributed by atoms with Gasteiger partial charge in [-0.25, -0.2) is 0 Å². The summed E-state index contributed by atoms with van der Waals surface area (Å²) in [6, 6.07) is 7.36. The Bertz CT molecular complexity index is 626. The quantitative estimate of drug-likeness (QED) is 0.928. The minimum Gasteiger partial charge on any atom is -0.493 e. The highest BCUT2D eigenvalue weighted by atomic mass is 16.5. The molecule has 0 amide bonds. The smallest absolute Gasteiger partial charge is 0.169 e. The molecule has 21 heavy (non-hydrogen) atoms. The zero-order chi connectivity index (χ0) is 14.8. The van der Waals surface area contributed by atoms with E-state index in [1.807, 2.05) is 18.2 Å². The van der Waals surface area contributed by atoms with E-state index in [9.17, 15) is 0 Å². The molecule has 1 unspecified atom stereocenters. The Morgan fingerprint density at radius 1 is 1.33 bits per heavy atom. The van der Waals surface area contributed by atoms with Crippen molar-refractivity contribution in [1.29, 1.82) is 0 Å². The maximum absolute atomic E-state index is 6.03. The van der Waals surface area contributed by atoms with Crippen LogP contribution in [0.5, 0.6) is 11.5 Å². The van der Waals surface area contributed by atoms with Crippen molar-refractivity contribution in [2.45, 2.75) is 12.5 Å². The van der Waals surface area contributed by atoms with Crippen molar-refractivity contribution in [1.82, 2.24) is 10.1 Å². The first-order valence-corrected chi connectivity index (χ1v) is 6.91. The third kappa shape index (κ3) is 2.95. The lowest BCUT2D eigenvalue weighted by Gasteiger charge is -2.16. The largest absolute Gasteiger partial charge is 0.493 e. The van der Waals surface area contributed by atoms with Crippen LogP contribution >= 0.6 is 0 Å². The molecule has 1 saturated heterocycles. The number of anilines is 1. The summed E-state index contributed by atoms with van der Waals surface area (Å²) >= 11 is 0. The number of nitrogens with zero attached hydrogens (tertiary/aromatic N) is 2. The molecule has 1 aliphatic heterocycles. The second-order valence-electron chi connectivity index (χ2n) is 5.27. The number of nitrogens with two attached hydrogens (primary N) is 1. The molecule has 3 rings (SSSR count). The number of benzene rings is 1. The summed E-state index contributed by atoms with van der Waals surface area (Å²) in [5.74, 6) is 2.39. The monoisotopic (exact) mass is 289 g/mol. The van der Waals surface area contributed by atoms with Gasteiger partial charge in [0.25, 0.3) is 0 Å². The van der Waals surface area contributed by atoms with Crippen LogP contribution in [-0.2, 0) is 0 Å². The van der Waals surface area contributed by atoms with Crippen LogP contribution in [0.25, 0.3) is 11.3 Å². The molecule has 2 N–H and O–H groups in total. The van der Waals surface area contributed by atoms with Gasteiger partial charge in [0, 0.05) is 24.7 Å². The predicted molar refractivity (Wildman–Crippen MR) is 79.4 cm³/mol. The molecule has 0 spiro atoms. The maximum Gasteiger partial charge on any atom is 0.169 e. The first kappa shape index (κ1) is 13.8. The Morgan fingerprint density at radius 3 is 2.81 bits per heavy atom. The summed E-state index contributed by atoms with van der Waals surface area (Å²) in [6.45, 7) is 1.99. The van der Waals surface area contributed by atoms with Crippen LogP contribution in [0.1, 0.15) is 6.42 Å². The molecule has 112 valence electrons. The van der Waals surface area contributed by atoms with E-state index in [2.05, 4.69) is 17.1 Å². The van der Waals surface area contributed by atoms with Crippen molar-refractivity contribution >= 4 is 5.82 Å². The predicted octanol–water partition coefficient (Wildman–Crippen LogP) is 2.02. The van der Waals surface area contributed by atoms with Gasteiger partial charge in [0.15, 0.2) is 23.1 Å². The SMILES string of the molecule is COc1cc(-c2cc(N)no2)ccc1OC1CCN(C)C1. The molecule has 6 heteroatoms. The van der Waals surface area contributed by atoms with Gasteiger partial charge in [-0.1, -0.05) is 5.16 Å². The van der Waals surface area contributed by atoms with Gasteiger partial charge in [-0.2, -0.15) is 0 Å². The number of rotatable bonds is 4. The molecule has 2 heterocycles. The van der Waals surface area contributed by atoms with E-state index < -0.39 is 0 Å². The number of nitrogen functional groups attached to an aromatic ring is 1. The average Bonchev–Trinajstić information content (AvgIpc) is 3.08. The number of ether oxygens (including phenoxy) is 2. The molecule has 1 aliphatic rings. The summed E-state index contributed by atoms with van der Waals surface area (Å²) in [4.78, 5) is 2.25. The first-order valence-electron chi connectivity index (χ1n) is 6.91. The Labute approximate surface area is 123 Å². The lowest BCUT2D eigenvalue weighted by atomic mass is 10.1. The Morgan fingerprint density at radius 2 is 2.19 bits per heavy atom. The Hall–Kier alpha value is -2.21. The van der Waals surface area contributed by atoms with Crippen LogP contribution < -0.4 is 15.2 Å². The lowest BCUT2D eigenvalue weighted by molar-refractivity contribution is 0.199. The van der Waals surface area contributed by atoms with Gasteiger partial charge in [0.05, 0.1) is 7.11 Å². The van der Waals surface area contributed by atoms with Gasteiger partial charge in [-0.05, 0) is 31.7 Å². The van der Waals surface area contributed by atoms with Gasteiger partial charge >= 0.3 is 0 Å². The van der Waals surface area contributed by atoms with Crippen LogP contribution in [0.15, 0.2) is 28.8 Å². The van der Waals surface area contributed by atoms with Crippen LogP contribution in [0.3, 0.4) is 0 Å². The molecule has 0 radical (unpaired) electrons. The highest BCUT2D eigenvalue weighted by molar-refractivity contribution is 5.64. The molecule has 0 bridgehead atoms. The third-order valence-corrected chi connectivity index (χ3v) is 3.62. The van der Waals surface area contributed by atoms with E-state index in [0.29, 0.717) is 17.3 Å². The van der Waals surface area contributed by atoms with E-state index in [1.165, 1.54) is 0 Å². The van der Waals surface area contributed by atoms with Gasteiger partial charge in [-0.3, -0.25) is 0 Å². The first-order chi connectivity index (χ1) is 10.2. The minimum absolute atomic E-state index is 0.204. The zero-order valence-corrected chi connectivity index (χ0v) is 12.2. The molecule has 0 saturated carbocycles. The molecule has 1 aromatic carbocycles. The molecule has 1 fully saturated rings. The van der Waals surface area contributed by atoms with Gasteiger partial charge in [-0.15, -0.1) is 0 Å². The van der Waals surface area contributed by atoms with Gasteiger partial charge < -0.3 is 24.6 Å². The number of aromatic nitrogens is 1. The summed E-state index contributed by atoms with van der Waals surface area (Å²) in [7, 11) is 3.72. The highest BCUT2D eigenvalue weighted by Crippen LogP contribution is 2.34. The standard InChI is InChI=1S/C15H19N3O3/c1-18-6-5-11(9-18)20-12-4-3-10(7-14(12)19-2)13-8-15(16)17-21-13/h3-4,7-8,11H,5-6,9H2,1-2H3,(H2,16,17). The fourth-order valence-corrected chi connectivity index (χ4v) is 2.51. The van der Waals surface area contributed by atoms with Crippen LogP contribution in [-0.4, -0.2) is 43.4 Å². The fraction of sp³-hybridized carbons (Fsp3) is 0.400. The topological polar surface area (TPSA) is 73.8 Å². The van der Waals surface area contributed by atoms with Crippen LogP contribution in [0.4, 0.5) is 5.82 Å². The Kier molecular flexibility index (Phi) is 3.70. The molecule has 0 aliphatic carbocycles. The number of hydrogen-bond donors (Lipinski definition) is 1. The molecule has 1 aromatic heterocycles. The van der Waals surface area contributed by atoms with Crippen molar-refractivity contribution in [3.05, 3.63) is 24.3 Å². The second-order valence-corrected chi connectivity index (χ2v) is 5.27. The van der Waals surface area contributed by atoms with E-state index in [0.717, 1.165) is 30.8 Å². The highest BCUT2D eigenvalue weighted by Gasteiger charge is 2.22. The third-order valence-electron chi connectivity index (χ3n) is 3.62. The molecule has 2 aromatic rings. The minimum atomic E-state index is 0.204. The normalized spacial score (nSPS) is 18.9. The van der Waals surface area contributed by atoms with Crippen LogP contribution in [0.2, 0.25) is 0 Å². The number of likely N-dealkylation sites (tertiary alicyclic amines) is 1. The zero-order valence-electron chi connectivity index (χ0n) is 12.2. The summed E-state index contributed by atoms with van der Waals surface area (Å²) in [6.07, 6.45) is 1.23. The van der Waals surface area contributed by atoms with E-state index >= 15 is 0 Å². The van der Waals surface area contributed by atoms with E-state index in [4.69, 9.17) is 19.7 Å². The van der Waals surface area contributed by atoms with Crippen LogP contribution in [0, 0.1) is 0 Å². The van der Waals surface area contributed by atoms with Crippen molar-refractivity contribution in [2.75, 3.05) is 33.0 Å². The van der Waals surface area contributed by atoms with Crippen molar-refractivity contribution in [2.24, 2.45) is 0 Å². The number of likely N-dealkylation sites (N-methyl/N-ethyl adjacent to an activating group) is 1. The molecule has 6 nitrogen and oxygen atoms in total. The molecular weight excluding hydrogens is 270 g/mol. The van der Waals surface area contributed by atoms with Crippen molar-refractivity contribution in [3.63, 3.8) is 0 Å².